The second-order valence-electron chi connectivity index (χ2n) is 4.27. The Morgan fingerprint density at radius 2 is 1.88 bits per heavy atom. The number of nitrogens with one attached hydrogen (secondary N) is 1. The van der Waals surface area contributed by atoms with Gasteiger partial charge in [0.2, 0.25) is 0 Å². The van der Waals surface area contributed by atoms with E-state index in [2.05, 4.69) is 20.9 Å². The van der Waals surface area contributed by atoms with E-state index in [0.29, 0.717) is 10.9 Å². The van der Waals surface area contributed by atoms with Crippen molar-refractivity contribution in [3.05, 3.63) is 33.9 Å². The molecular formula is C12H11BrF3N. The molecule has 1 aromatic heterocycles. The molecule has 0 aliphatic heterocycles. The minimum absolute atomic E-state index is 0.0856. The number of halogens is 4. The molecule has 0 spiro atoms. The standard InChI is InChI=1S/C12H11BrF3N/c1-6(2)7-3-4-9-8(5-7)10(13)11(17-9)12(14,15)16/h3-6,17H,1-2H3. The summed E-state index contributed by atoms with van der Waals surface area (Å²) in [5.41, 5.74) is 0.785. The van der Waals surface area contributed by atoms with Gasteiger partial charge in [-0.15, -0.1) is 0 Å². The van der Waals surface area contributed by atoms with Crippen LogP contribution < -0.4 is 0 Å². The minimum Gasteiger partial charge on any atom is -0.350 e. The summed E-state index contributed by atoms with van der Waals surface area (Å²) in [5, 5.41) is 0.573. The molecule has 0 unspecified atom stereocenters. The van der Waals surface area contributed by atoms with Crippen LogP contribution >= 0.6 is 15.9 Å². The third-order valence-corrected chi connectivity index (χ3v) is 3.53. The molecule has 17 heavy (non-hydrogen) atoms. The molecule has 0 fully saturated rings. The Bertz CT molecular complexity index is 555. The summed E-state index contributed by atoms with van der Waals surface area (Å²) in [4.78, 5) is 2.40. The number of alkyl halides is 3. The highest BCUT2D eigenvalue weighted by atomic mass is 79.9. The fourth-order valence-electron chi connectivity index (χ4n) is 1.73. The van der Waals surface area contributed by atoms with E-state index in [4.69, 9.17) is 0 Å². The van der Waals surface area contributed by atoms with E-state index in [9.17, 15) is 13.2 Å². The average molecular weight is 306 g/mol. The van der Waals surface area contributed by atoms with Crippen LogP contribution in [0, 0.1) is 0 Å². The molecule has 0 atom stereocenters. The molecule has 92 valence electrons. The Morgan fingerprint density at radius 1 is 1.24 bits per heavy atom. The quantitative estimate of drug-likeness (QED) is 0.757. The van der Waals surface area contributed by atoms with E-state index in [1.165, 1.54) is 0 Å². The van der Waals surface area contributed by atoms with Crippen molar-refractivity contribution in [3.8, 4) is 0 Å². The first-order valence-electron chi connectivity index (χ1n) is 5.19. The Hall–Kier alpha value is -0.970. The number of aromatic amines is 1. The Balaban J connectivity index is 2.67. The molecule has 0 saturated carbocycles. The van der Waals surface area contributed by atoms with Gasteiger partial charge < -0.3 is 4.98 Å². The van der Waals surface area contributed by atoms with Gasteiger partial charge in [0.15, 0.2) is 0 Å². The van der Waals surface area contributed by atoms with Crippen LogP contribution in [0.3, 0.4) is 0 Å². The number of hydrogen-bond acceptors (Lipinski definition) is 0. The van der Waals surface area contributed by atoms with Crippen LogP contribution in [-0.2, 0) is 6.18 Å². The van der Waals surface area contributed by atoms with E-state index in [1.54, 1.807) is 12.1 Å². The maximum atomic E-state index is 12.7. The van der Waals surface area contributed by atoms with Crippen LogP contribution in [0.4, 0.5) is 13.2 Å². The highest BCUT2D eigenvalue weighted by Gasteiger charge is 2.35. The molecule has 0 aliphatic rings. The molecule has 5 heteroatoms. The number of H-pyrrole nitrogens is 1. The number of rotatable bonds is 1. The summed E-state index contributed by atoms with van der Waals surface area (Å²) < 4.78 is 38.1. The molecule has 0 saturated heterocycles. The summed E-state index contributed by atoms with van der Waals surface area (Å²) in [6.07, 6.45) is -4.37. The Kier molecular flexibility index (Phi) is 2.97. The molecule has 2 aromatic rings. The van der Waals surface area contributed by atoms with Crippen molar-refractivity contribution in [1.82, 2.24) is 4.98 Å². The summed E-state index contributed by atoms with van der Waals surface area (Å²) >= 11 is 3.02. The lowest BCUT2D eigenvalue weighted by molar-refractivity contribution is -0.141. The second-order valence-corrected chi connectivity index (χ2v) is 5.06. The maximum Gasteiger partial charge on any atom is 0.432 e. The monoisotopic (exact) mass is 305 g/mol. The summed E-state index contributed by atoms with van der Waals surface area (Å²) in [7, 11) is 0. The normalized spacial score (nSPS) is 12.6. The third-order valence-electron chi connectivity index (χ3n) is 2.71. The van der Waals surface area contributed by atoms with E-state index < -0.39 is 11.9 Å². The van der Waals surface area contributed by atoms with Gasteiger partial charge in [0.25, 0.3) is 0 Å². The molecule has 0 amide bonds. The molecule has 1 aromatic carbocycles. The van der Waals surface area contributed by atoms with Crippen LogP contribution in [0.15, 0.2) is 22.7 Å². The zero-order chi connectivity index (χ0) is 12.8. The van der Waals surface area contributed by atoms with Crippen LogP contribution in [0.25, 0.3) is 10.9 Å². The van der Waals surface area contributed by atoms with Gasteiger partial charge in [-0.25, -0.2) is 0 Å². The van der Waals surface area contributed by atoms with Gasteiger partial charge in [-0.1, -0.05) is 19.9 Å². The first-order valence-corrected chi connectivity index (χ1v) is 5.98. The molecule has 2 rings (SSSR count). The Morgan fingerprint density at radius 3 is 2.41 bits per heavy atom. The second kappa shape index (κ2) is 4.05. The van der Waals surface area contributed by atoms with Crippen molar-refractivity contribution >= 4 is 26.8 Å². The van der Waals surface area contributed by atoms with Crippen LogP contribution in [0.2, 0.25) is 0 Å². The van der Waals surface area contributed by atoms with Crippen molar-refractivity contribution in [2.75, 3.05) is 0 Å². The lowest BCUT2D eigenvalue weighted by Crippen LogP contribution is -2.05. The largest absolute Gasteiger partial charge is 0.432 e. The summed E-state index contributed by atoms with van der Waals surface area (Å²) in [6, 6.07) is 5.32. The molecule has 0 aliphatic carbocycles. The number of benzene rings is 1. The predicted octanol–water partition coefficient (Wildman–Crippen LogP) is 5.07. The maximum absolute atomic E-state index is 12.7. The number of hydrogen-bond donors (Lipinski definition) is 1. The SMILES string of the molecule is CC(C)c1ccc2[nH]c(C(F)(F)F)c(Br)c2c1. The molecular weight excluding hydrogens is 295 g/mol. The summed E-state index contributed by atoms with van der Waals surface area (Å²) in [5.74, 6) is 0.288. The molecule has 1 nitrogen and oxygen atoms in total. The van der Waals surface area contributed by atoms with Gasteiger partial charge in [-0.05, 0) is 39.5 Å². The fourth-order valence-corrected chi connectivity index (χ4v) is 2.38. The molecule has 1 heterocycles. The minimum atomic E-state index is -4.37. The first kappa shape index (κ1) is 12.5. The zero-order valence-corrected chi connectivity index (χ0v) is 10.9. The number of aromatic nitrogens is 1. The molecule has 1 N–H and O–H groups in total. The Labute approximate surface area is 105 Å². The van der Waals surface area contributed by atoms with E-state index in [1.807, 2.05) is 19.9 Å². The van der Waals surface area contributed by atoms with Crippen molar-refractivity contribution in [2.45, 2.75) is 25.9 Å². The first-order chi connectivity index (χ1) is 7.80. The van der Waals surface area contributed by atoms with Crippen LogP contribution in [0.1, 0.15) is 31.0 Å². The van der Waals surface area contributed by atoms with Crippen molar-refractivity contribution in [2.24, 2.45) is 0 Å². The topological polar surface area (TPSA) is 15.8 Å². The zero-order valence-electron chi connectivity index (χ0n) is 9.32. The molecule has 0 bridgehead atoms. The van der Waals surface area contributed by atoms with Crippen molar-refractivity contribution < 1.29 is 13.2 Å². The van der Waals surface area contributed by atoms with Gasteiger partial charge in [-0.2, -0.15) is 13.2 Å². The van der Waals surface area contributed by atoms with E-state index in [-0.39, 0.29) is 10.4 Å². The smallest absolute Gasteiger partial charge is 0.350 e. The number of fused-ring (bicyclic) bond motifs is 1. The van der Waals surface area contributed by atoms with Crippen molar-refractivity contribution in [1.29, 1.82) is 0 Å². The van der Waals surface area contributed by atoms with Gasteiger partial charge in [-0.3, -0.25) is 0 Å². The van der Waals surface area contributed by atoms with Crippen LogP contribution in [0.5, 0.6) is 0 Å². The third kappa shape index (κ3) is 2.20. The van der Waals surface area contributed by atoms with Gasteiger partial charge in [0.05, 0.1) is 4.47 Å². The van der Waals surface area contributed by atoms with Gasteiger partial charge in [0, 0.05) is 10.9 Å². The highest BCUT2D eigenvalue weighted by Crippen LogP contribution is 2.39. The predicted molar refractivity (Wildman–Crippen MR) is 65.1 cm³/mol. The van der Waals surface area contributed by atoms with Gasteiger partial charge >= 0.3 is 6.18 Å². The highest BCUT2D eigenvalue weighted by molar-refractivity contribution is 9.10. The van der Waals surface area contributed by atoms with E-state index in [0.717, 1.165) is 5.56 Å². The van der Waals surface area contributed by atoms with E-state index >= 15 is 0 Å². The van der Waals surface area contributed by atoms with Crippen molar-refractivity contribution in [3.63, 3.8) is 0 Å². The average Bonchev–Trinajstić information content (AvgIpc) is 2.55. The van der Waals surface area contributed by atoms with Crippen LogP contribution in [-0.4, -0.2) is 4.98 Å². The molecule has 0 radical (unpaired) electrons. The lowest BCUT2D eigenvalue weighted by atomic mass is 10.0. The van der Waals surface area contributed by atoms with Gasteiger partial charge in [0.1, 0.15) is 5.69 Å². The summed E-state index contributed by atoms with van der Waals surface area (Å²) in [6.45, 7) is 4.01. The fraction of sp³-hybridized carbons (Fsp3) is 0.333. The lowest BCUT2D eigenvalue weighted by Gasteiger charge is -2.04.